The normalized spacial score (nSPS) is 10.1. The van der Waals surface area contributed by atoms with Gasteiger partial charge in [-0.15, -0.1) is 0 Å². The molecule has 0 fully saturated rings. The molecule has 0 amide bonds. The number of phenols is 2. The van der Waals surface area contributed by atoms with Crippen molar-refractivity contribution in [2.24, 2.45) is 0 Å². The van der Waals surface area contributed by atoms with E-state index in [1.807, 2.05) is 37.3 Å². The third-order valence-corrected chi connectivity index (χ3v) is 4.70. The lowest BCUT2D eigenvalue weighted by Crippen LogP contribution is -1.87. The average molecular weight is 393 g/mol. The predicted octanol–water partition coefficient (Wildman–Crippen LogP) is 7.59. The van der Waals surface area contributed by atoms with Crippen LogP contribution in [0, 0.1) is 6.92 Å². The largest absolute Gasteiger partial charge is 0.508 e. The maximum Gasteiger partial charge on any atom is 0.118 e. The van der Waals surface area contributed by atoms with Crippen LogP contribution >= 0.6 is 0 Å². The Morgan fingerprint density at radius 3 is 1.66 bits per heavy atom. The predicted molar refractivity (Wildman–Crippen MR) is 125 cm³/mol. The lowest BCUT2D eigenvalue weighted by atomic mass is 10.0. The third kappa shape index (κ3) is 9.34. The molecule has 3 aromatic rings. The molecule has 2 heteroatoms. The summed E-state index contributed by atoms with van der Waals surface area (Å²) in [5.74, 6) is 1.92. The van der Waals surface area contributed by atoms with Gasteiger partial charge in [-0.3, -0.25) is 0 Å². The standard InChI is InChI=1S/C10H14O.C9H12.C8H10O/c1-7(2)9-4-5-10(11)8(3)6-9;1-8(2)9-6-4-3-5-7-9;1-2-7-3-5-8(9)6-4-7/h4-7,11H,1-3H3;3-8H,1-2H3;3-6,9H,2H2,1H3. The topological polar surface area (TPSA) is 40.5 Å². The maximum absolute atomic E-state index is 9.23. The second-order valence-corrected chi connectivity index (χ2v) is 7.79. The van der Waals surface area contributed by atoms with E-state index in [2.05, 4.69) is 58.9 Å². The van der Waals surface area contributed by atoms with Crippen molar-refractivity contribution in [2.45, 2.75) is 59.8 Å². The van der Waals surface area contributed by atoms with Crippen LogP contribution in [0.4, 0.5) is 0 Å². The Kier molecular flexibility index (Phi) is 10.6. The summed E-state index contributed by atoms with van der Waals surface area (Å²) in [4.78, 5) is 0. The van der Waals surface area contributed by atoms with E-state index >= 15 is 0 Å². The average Bonchev–Trinajstić information content (AvgIpc) is 2.72. The van der Waals surface area contributed by atoms with E-state index in [1.54, 1.807) is 18.2 Å². The van der Waals surface area contributed by atoms with Crippen molar-refractivity contribution in [3.8, 4) is 11.5 Å². The molecule has 3 rings (SSSR count). The van der Waals surface area contributed by atoms with E-state index in [0.717, 1.165) is 12.0 Å². The summed E-state index contributed by atoms with van der Waals surface area (Å²) in [7, 11) is 0. The summed E-state index contributed by atoms with van der Waals surface area (Å²) in [6.45, 7) is 12.7. The molecular weight excluding hydrogens is 356 g/mol. The number of hydrogen-bond acceptors (Lipinski definition) is 2. The molecule has 29 heavy (non-hydrogen) atoms. The zero-order valence-electron chi connectivity index (χ0n) is 18.7. The van der Waals surface area contributed by atoms with E-state index in [1.165, 1.54) is 16.7 Å². The maximum atomic E-state index is 9.23. The molecule has 2 N–H and O–H groups in total. The van der Waals surface area contributed by atoms with Gasteiger partial charge in [-0.05, 0) is 65.6 Å². The van der Waals surface area contributed by atoms with Crippen LogP contribution in [0.5, 0.6) is 11.5 Å². The van der Waals surface area contributed by atoms with Crippen LogP contribution in [0.3, 0.4) is 0 Å². The molecule has 0 atom stereocenters. The van der Waals surface area contributed by atoms with Crippen molar-refractivity contribution < 1.29 is 10.2 Å². The lowest BCUT2D eigenvalue weighted by Gasteiger charge is -2.06. The van der Waals surface area contributed by atoms with Crippen LogP contribution in [0.15, 0.2) is 72.8 Å². The molecule has 0 aliphatic rings. The number of benzene rings is 3. The molecule has 0 aromatic heterocycles. The van der Waals surface area contributed by atoms with Gasteiger partial charge in [0, 0.05) is 0 Å². The van der Waals surface area contributed by atoms with Gasteiger partial charge in [0.15, 0.2) is 0 Å². The summed E-state index contributed by atoms with van der Waals surface area (Å²) in [5.41, 5.74) is 4.90. The summed E-state index contributed by atoms with van der Waals surface area (Å²) < 4.78 is 0. The molecule has 0 radical (unpaired) electrons. The van der Waals surface area contributed by atoms with E-state index < -0.39 is 0 Å². The fraction of sp³-hybridized carbons (Fsp3) is 0.333. The Labute approximate surface area is 176 Å². The second-order valence-electron chi connectivity index (χ2n) is 7.79. The molecule has 0 heterocycles. The van der Waals surface area contributed by atoms with Gasteiger partial charge in [0.2, 0.25) is 0 Å². The molecule has 0 aliphatic carbocycles. The lowest BCUT2D eigenvalue weighted by molar-refractivity contribution is 0.470. The van der Waals surface area contributed by atoms with Gasteiger partial charge >= 0.3 is 0 Å². The van der Waals surface area contributed by atoms with Crippen molar-refractivity contribution in [1.82, 2.24) is 0 Å². The number of rotatable bonds is 3. The number of aromatic hydroxyl groups is 2. The summed E-state index contributed by atoms with van der Waals surface area (Å²) in [5, 5.41) is 18.1. The summed E-state index contributed by atoms with van der Waals surface area (Å²) in [6, 6.07) is 23.5. The van der Waals surface area contributed by atoms with Gasteiger partial charge < -0.3 is 10.2 Å². The van der Waals surface area contributed by atoms with E-state index in [0.29, 0.717) is 23.3 Å². The van der Waals surface area contributed by atoms with Gasteiger partial charge in [-0.25, -0.2) is 0 Å². The SMILES string of the molecule is CC(C)c1ccccc1.CCc1ccc(O)cc1.Cc1cc(C(C)C)ccc1O. The van der Waals surface area contributed by atoms with Crippen LogP contribution in [0.2, 0.25) is 0 Å². The Morgan fingerprint density at radius 1 is 0.690 bits per heavy atom. The zero-order valence-corrected chi connectivity index (χ0v) is 18.7. The molecule has 0 saturated carbocycles. The van der Waals surface area contributed by atoms with E-state index in [9.17, 15) is 5.11 Å². The van der Waals surface area contributed by atoms with Crippen LogP contribution in [0.1, 0.15) is 68.7 Å². The van der Waals surface area contributed by atoms with Crippen LogP contribution in [-0.4, -0.2) is 10.2 Å². The molecule has 0 bridgehead atoms. The first-order valence-electron chi connectivity index (χ1n) is 10.4. The summed E-state index contributed by atoms with van der Waals surface area (Å²) >= 11 is 0. The van der Waals surface area contributed by atoms with Gasteiger partial charge in [-0.2, -0.15) is 0 Å². The smallest absolute Gasteiger partial charge is 0.118 e. The molecule has 156 valence electrons. The first-order valence-corrected chi connectivity index (χ1v) is 10.4. The van der Waals surface area contributed by atoms with Crippen molar-refractivity contribution in [1.29, 1.82) is 0 Å². The highest BCUT2D eigenvalue weighted by atomic mass is 16.3. The Hall–Kier alpha value is -2.74. The summed E-state index contributed by atoms with van der Waals surface area (Å²) in [6.07, 6.45) is 1.03. The number of aryl methyl sites for hydroxylation is 2. The van der Waals surface area contributed by atoms with Crippen molar-refractivity contribution >= 4 is 0 Å². The molecular formula is C27H36O2. The quantitative estimate of drug-likeness (QED) is 0.482. The van der Waals surface area contributed by atoms with Gasteiger partial charge in [0.25, 0.3) is 0 Å². The Bertz CT molecular complexity index is 819. The first-order chi connectivity index (χ1) is 13.7. The Balaban J connectivity index is 0.000000219. The van der Waals surface area contributed by atoms with Gasteiger partial charge in [-0.1, -0.05) is 89.2 Å². The molecule has 0 aliphatic heterocycles. The highest BCUT2D eigenvalue weighted by molar-refractivity contribution is 5.36. The van der Waals surface area contributed by atoms with Gasteiger partial charge in [0.05, 0.1) is 0 Å². The molecule has 0 unspecified atom stereocenters. The van der Waals surface area contributed by atoms with Crippen molar-refractivity contribution in [3.05, 3.63) is 95.1 Å². The Morgan fingerprint density at radius 2 is 1.24 bits per heavy atom. The molecule has 3 aromatic carbocycles. The highest BCUT2D eigenvalue weighted by Gasteiger charge is 2.00. The van der Waals surface area contributed by atoms with Crippen LogP contribution in [-0.2, 0) is 6.42 Å². The minimum atomic E-state index is 0.340. The van der Waals surface area contributed by atoms with Crippen molar-refractivity contribution in [3.63, 3.8) is 0 Å². The fourth-order valence-corrected chi connectivity index (χ4v) is 2.61. The second kappa shape index (κ2) is 12.7. The molecule has 2 nitrogen and oxygen atoms in total. The van der Waals surface area contributed by atoms with Crippen LogP contribution < -0.4 is 0 Å². The van der Waals surface area contributed by atoms with Gasteiger partial charge in [0.1, 0.15) is 11.5 Å². The zero-order chi connectivity index (χ0) is 21.8. The minimum Gasteiger partial charge on any atom is -0.508 e. The van der Waals surface area contributed by atoms with Crippen LogP contribution in [0.25, 0.3) is 0 Å². The van der Waals surface area contributed by atoms with Crippen molar-refractivity contribution in [2.75, 3.05) is 0 Å². The number of hydrogen-bond donors (Lipinski definition) is 2. The molecule has 0 saturated heterocycles. The third-order valence-electron chi connectivity index (χ3n) is 4.70. The first kappa shape index (κ1) is 24.3. The van der Waals surface area contributed by atoms with E-state index in [-0.39, 0.29) is 0 Å². The molecule has 0 spiro atoms. The monoisotopic (exact) mass is 392 g/mol. The number of phenolic OH excluding ortho intramolecular Hbond substituents is 2. The van der Waals surface area contributed by atoms with E-state index in [4.69, 9.17) is 5.11 Å². The highest BCUT2D eigenvalue weighted by Crippen LogP contribution is 2.21. The fourth-order valence-electron chi connectivity index (χ4n) is 2.61. The minimum absolute atomic E-state index is 0.340.